The molecule has 4 rings (SSSR count). The van der Waals surface area contributed by atoms with Crippen molar-refractivity contribution in [3.8, 4) is 0 Å². The molecule has 1 amide bonds. The van der Waals surface area contributed by atoms with E-state index in [0.29, 0.717) is 12.5 Å². The third-order valence-electron chi connectivity index (χ3n) is 7.08. The molecule has 2 aromatic rings. The number of amides is 1. The van der Waals surface area contributed by atoms with Crippen LogP contribution in [0.5, 0.6) is 0 Å². The van der Waals surface area contributed by atoms with Gasteiger partial charge in [-0.2, -0.15) is 0 Å². The van der Waals surface area contributed by atoms with E-state index in [-0.39, 0.29) is 16.7 Å². The number of carbonyl (C=O) groups is 1. The second kappa shape index (κ2) is 10.2. The highest BCUT2D eigenvalue weighted by Gasteiger charge is 2.48. The predicted molar refractivity (Wildman–Crippen MR) is 132 cm³/mol. The van der Waals surface area contributed by atoms with Crippen molar-refractivity contribution in [2.75, 3.05) is 13.1 Å². The fraction of sp³-hybridized carbons (Fsp3) is 0.500. The number of halogens is 2. The molecule has 0 spiro atoms. The second-order valence-electron chi connectivity index (χ2n) is 9.10. The molecule has 3 atom stereocenters. The van der Waals surface area contributed by atoms with Crippen LogP contribution in [0.2, 0.25) is 0 Å². The van der Waals surface area contributed by atoms with Crippen molar-refractivity contribution in [3.05, 3.63) is 70.2 Å². The maximum Gasteiger partial charge on any atom is 0.259 e. The topological polar surface area (TPSA) is 40.5 Å². The summed E-state index contributed by atoms with van der Waals surface area (Å²) in [6.07, 6.45) is 7.09. The summed E-state index contributed by atoms with van der Waals surface area (Å²) in [4.78, 5) is 16.0. The third kappa shape index (κ3) is 4.94. The van der Waals surface area contributed by atoms with Crippen LogP contribution in [0.1, 0.15) is 60.9 Å². The van der Waals surface area contributed by atoms with Gasteiger partial charge < -0.3 is 10.0 Å². The summed E-state index contributed by atoms with van der Waals surface area (Å²) in [7, 11) is 0. The first-order valence-corrected chi connectivity index (χ1v) is 13.2. The van der Waals surface area contributed by atoms with Crippen LogP contribution < -0.4 is 0 Å². The van der Waals surface area contributed by atoms with E-state index in [9.17, 15) is 9.90 Å². The van der Waals surface area contributed by atoms with Gasteiger partial charge in [-0.05, 0) is 55.2 Å². The molecule has 2 aliphatic rings. The number of piperidine rings is 1. The van der Waals surface area contributed by atoms with Crippen LogP contribution in [0.15, 0.2) is 59.1 Å². The van der Waals surface area contributed by atoms with E-state index in [2.05, 4.69) is 50.1 Å². The van der Waals surface area contributed by atoms with Crippen molar-refractivity contribution in [3.63, 3.8) is 0 Å². The van der Waals surface area contributed by atoms with Crippen molar-refractivity contribution < 1.29 is 9.90 Å². The normalized spacial score (nSPS) is 22.8. The quantitative estimate of drug-likeness (QED) is 0.413. The van der Waals surface area contributed by atoms with E-state index in [4.69, 9.17) is 0 Å². The van der Waals surface area contributed by atoms with E-state index in [1.165, 1.54) is 5.56 Å². The highest BCUT2D eigenvalue weighted by atomic mass is 79.9. The number of likely N-dealkylation sites (tertiary alicyclic amines) is 1. The van der Waals surface area contributed by atoms with Gasteiger partial charge in [0.05, 0.1) is 0 Å². The minimum atomic E-state index is -1.41. The predicted octanol–water partition coefficient (Wildman–Crippen LogP) is 6.59. The molecular weight excluding hydrogens is 518 g/mol. The molecule has 1 aliphatic heterocycles. The van der Waals surface area contributed by atoms with Gasteiger partial charge in [0, 0.05) is 28.3 Å². The fourth-order valence-corrected chi connectivity index (χ4v) is 7.20. The molecule has 166 valence electrons. The molecule has 1 saturated carbocycles. The molecule has 5 heteroatoms. The lowest BCUT2D eigenvalue weighted by molar-refractivity contribution is -0.161. The highest BCUT2D eigenvalue weighted by molar-refractivity contribution is 9.11. The van der Waals surface area contributed by atoms with E-state index < -0.39 is 5.60 Å². The average molecular weight is 549 g/mol. The Morgan fingerprint density at radius 3 is 2.42 bits per heavy atom. The zero-order valence-corrected chi connectivity index (χ0v) is 21.0. The first-order valence-electron chi connectivity index (χ1n) is 11.5. The lowest BCUT2D eigenvalue weighted by Gasteiger charge is -2.41. The van der Waals surface area contributed by atoms with Crippen LogP contribution in [0.25, 0.3) is 0 Å². The number of aliphatic hydroxyl groups is 1. The minimum Gasteiger partial charge on any atom is -0.375 e. The highest BCUT2D eigenvalue weighted by Crippen LogP contribution is 2.43. The number of nitrogens with zero attached hydrogens (tertiary/aromatic N) is 1. The lowest BCUT2D eigenvalue weighted by Crippen LogP contribution is -2.53. The first-order chi connectivity index (χ1) is 15.0. The number of hydrogen-bond donors (Lipinski definition) is 1. The molecule has 0 aromatic heterocycles. The van der Waals surface area contributed by atoms with Crippen LogP contribution in [-0.4, -0.2) is 29.0 Å². The third-order valence-corrected chi connectivity index (χ3v) is 8.66. The second-order valence-corrected chi connectivity index (χ2v) is 11.1. The summed E-state index contributed by atoms with van der Waals surface area (Å²) in [6, 6.07) is 17.9. The van der Waals surface area contributed by atoms with Crippen LogP contribution >= 0.6 is 31.9 Å². The van der Waals surface area contributed by atoms with Crippen LogP contribution in [-0.2, 0) is 10.4 Å². The zero-order valence-electron chi connectivity index (χ0n) is 17.9. The summed E-state index contributed by atoms with van der Waals surface area (Å²) in [6.45, 7) is 1.45. The SMILES string of the molecule is O=C(N1CCCC(CC(Br)c2ccccc2Br)C1)C(O)(c1ccccc1)C1CCCC1. The largest absolute Gasteiger partial charge is 0.375 e. The zero-order chi connectivity index (χ0) is 21.8. The van der Waals surface area contributed by atoms with Gasteiger partial charge in [0.15, 0.2) is 5.60 Å². The monoisotopic (exact) mass is 547 g/mol. The molecule has 1 saturated heterocycles. The van der Waals surface area contributed by atoms with Gasteiger partial charge >= 0.3 is 0 Å². The average Bonchev–Trinajstić information content (AvgIpc) is 3.34. The van der Waals surface area contributed by atoms with Crippen molar-refractivity contribution in [2.45, 2.75) is 55.4 Å². The first kappa shape index (κ1) is 23.0. The Bertz CT molecular complexity index is 884. The molecule has 0 bridgehead atoms. The molecule has 2 fully saturated rings. The molecule has 1 N–H and O–H groups in total. The van der Waals surface area contributed by atoms with Crippen molar-refractivity contribution in [2.24, 2.45) is 11.8 Å². The van der Waals surface area contributed by atoms with Crippen LogP contribution in [0.4, 0.5) is 0 Å². The van der Waals surface area contributed by atoms with Gasteiger partial charge in [0.1, 0.15) is 0 Å². The van der Waals surface area contributed by atoms with Gasteiger partial charge in [0.2, 0.25) is 0 Å². The Balaban J connectivity index is 1.51. The summed E-state index contributed by atoms with van der Waals surface area (Å²) in [5, 5.41) is 11.9. The number of benzene rings is 2. The molecule has 0 radical (unpaired) electrons. The molecule has 3 unspecified atom stereocenters. The molecule has 2 aromatic carbocycles. The Morgan fingerprint density at radius 1 is 1.03 bits per heavy atom. The smallest absolute Gasteiger partial charge is 0.259 e. The maximum atomic E-state index is 13.8. The van der Waals surface area contributed by atoms with E-state index >= 15 is 0 Å². The Labute approximate surface area is 202 Å². The Morgan fingerprint density at radius 2 is 1.71 bits per heavy atom. The van der Waals surface area contributed by atoms with Gasteiger partial charge in [-0.25, -0.2) is 0 Å². The molecule has 1 aliphatic carbocycles. The van der Waals surface area contributed by atoms with E-state index in [0.717, 1.165) is 61.5 Å². The summed E-state index contributed by atoms with van der Waals surface area (Å²) < 4.78 is 1.11. The van der Waals surface area contributed by atoms with E-state index in [1.54, 1.807) is 0 Å². The molecule has 31 heavy (non-hydrogen) atoms. The Hall–Kier alpha value is -1.17. The molecule has 3 nitrogen and oxygen atoms in total. The van der Waals surface area contributed by atoms with Crippen molar-refractivity contribution >= 4 is 37.8 Å². The van der Waals surface area contributed by atoms with E-state index in [1.807, 2.05) is 41.3 Å². The standard InChI is InChI=1S/C26H31Br2NO2/c27-23-15-7-6-14-22(23)24(28)17-19-9-8-16-29(18-19)25(30)26(31,21-12-4-5-13-21)20-10-2-1-3-11-20/h1-3,6-7,10-11,14-15,19,21,24,31H,4-5,8-9,12-13,16-18H2. The summed E-state index contributed by atoms with van der Waals surface area (Å²) in [5.41, 5.74) is 0.592. The molecular formula is C26H31Br2NO2. The summed E-state index contributed by atoms with van der Waals surface area (Å²) in [5.74, 6) is 0.326. The van der Waals surface area contributed by atoms with Crippen LogP contribution in [0.3, 0.4) is 0 Å². The fourth-order valence-electron chi connectivity index (χ4n) is 5.40. The lowest BCUT2D eigenvalue weighted by atomic mass is 9.78. The van der Waals surface area contributed by atoms with Crippen LogP contribution in [0, 0.1) is 11.8 Å². The molecule has 1 heterocycles. The number of hydrogen-bond acceptors (Lipinski definition) is 2. The number of rotatable bonds is 6. The minimum absolute atomic E-state index is 0.00646. The maximum absolute atomic E-state index is 13.8. The van der Waals surface area contributed by atoms with Crippen molar-refractivity contribution in [1.29, 1.82) is 0 Å². The number of alkyl halides is 1. The van der Waals surface area contributed by atoms with Crippen molar-refractivity contribution in [1.82, 2.24) is 4.90 Å². The Kier molecular flexibility index (Phi) is 7.56. The van der Waals surface area contributed by atoms with Gasteiger partial charge in [-0.1, -0.05) is 93.2 Å². The number of carbonyl (C=O) groups excluding carboxylic acids is 1. The van der Waals surface area contributed by atoms with Gasteiger partial charge in [-0.3, -0.25) is 4.79 Å². The van der Waals surface area contributed by atoms with Gasteiger partial charge in [0.25, 0.3) is 5.91 Å². The summed E-state index contributed by atoms with van der Waals surface area (Å²) >= 11 is 7.54. The van der Waals surface area contributed by atoms with Gasteiger partial charge in [-0.15, -0.1) is 0 Å².